The number of benzene rings is 2. The first kappa shape index (κ1) is 22.2. The predicted octanol–water partition coefficient (Wildman–Crippen LogP) is 6.09. The van der Waals surface area contributed by atoms with Crippen molar-refractivity contribution >= 4 is 50.5 Å². The molecule has 0 aliphatic heterocycles. The van der Waals surface area contributed by atoms with Gasteiger partial charge >= 0.3 is 0 Å². The van der Waals surface area contributed by atoms with Crippen LogP contribution in [-0.2, 0) is 12.8 Å². The Morgan fingerprint density at radius 1 is 1.18 bits per heavy atom. The molecule has 0 saturated carbocycles. The molecule has 2 N–H and O–H groups in total. The van der Waals surface area contributed by atoms with Crippen LogP contribution in [0.3, 0.4) is 0 Å². The fourth-order valence-corrected chi connectivity index (χ4v) is 6.01. The topological polar surface area (TPSA) is 77.8 Å². The minimum atomic E-state index is -0.318. The SMILES string of the molecule is CC1CCc2c(sc(NC(=S)NC(=O)c3cc(-c4ccccc4)nc4ccccc34)c2C#N)C1. The molecule has 1 atom stereocenters. The standard InChI is InChI=1S/C27H22N4OS2/c1-16-11-12-19-21(15-28)26(34-24(19)13-16)31-27(33)30-25(32)20-14-23(17-7-3-2-4-8-17)29-22-10-6-5-9-18(20)22/h2-10,14,16H,11-13H2,1H3,(H2,30,31,32,33). The summed E-state index contributed by atoms with van der Waals surface area (Å²) in [6.07, 6.45) is 2.96. The molecule has 1 aliphatic carbocycles. The van der Waals surface area contributed by atoms with E-state index in [1.807, 2.05) is 54.6 Å². The van der Waals surface area contributed by atoms with Crippen LogP contribution in [0.4, 0.5) is 5.00 Å². The lowest BCUT2D eigenvalue weighted by molar-refractivity contribution is 0.0979. The quantitative estimate of drug-likeness (QED) is 0.346. The zero-order chi connectivity index (χ0) is 23.7. The van der Waals surface area contributed by atoms with E-state index >= 15 is 0 Å². The van der Waals surface area contributed by atoms with Crippen molar-refractivity contribution in [2.45, 2.75) is 26.2 Å². The van der Waals surface area contributed by atoms with Crippen LogP contribution in [0.25, 0.3) is 22.2 Å². The van der Waals surface area contributed by atoms with E-state index in [4.69, 9.17) is 17.2 Å². The molecular weight excluding hydrogens is 460 g/mol. The van der Waals surface area contributed by atoms with Gasteiger partial charge in [0.05, 0.1) is 22.3 Å². The summed E-state index contributed by atoms with van der Waals surface area (Å²) in [5, 5.41) is 17.3. The van der Waals surface area contributed by atoms with Gasteiger partial charge in [0.15, 0.2) is 5.11 Å². The Labute approximate surface area is 207 Å². The lowest BCUT2D eigenvalue weighted by Crippen LogP contribution is -2.34. The van der Waals surface area contributed by atoms with Crippen molar-refractivity contribution < 1.29 is 4.79 Å². The summed E-state index contributed by atoms with van der Waals surface area (Å²) in [5.74, 6) is 0.290. The van der Waals surface area contributed by atoms with Gasteiger partial charge in [-0.05, 0) is 55.1 Å². The van der Waals surface area contributed by atoms with E-state index in [1.165, 1.54) is 4.88 Å². The highest BCUT2D eigenvalue weighted by Gasteiger charge is 2.24. The number of anilines is 1. The van der Waals surface area contributed by atoms with E-state index in [0.717, 1.165) is 47.0 Å². The number of pyridine rings is 1. The van der Waals surface area contributed by atoms with Gasteiger partial charge in [-0.15, -0.1) is 11.3 Å². The van der Waals surface area contributed by atoms with Crippen molar-refractivity contribution in [3.05, 3.63) is 82.2 Å². The largest absolute Gasteiger partial charge is 0.323 e. The van der Waals surface area contributed by atoms with Gasteiger partial charge < -0.3 is 5.32 Å². The molecule has 1 aliphatic rings. The first-order valence-corrected chi connectivity index (χ1v) is 12.4. The Hall–Kier alpha value is -3.60. The zero-order valence-electron chi connectivity index (χ0n) is 18.6. The zero-order valence-corrected chi connectivity index (χ0v) is 20.2. The van der Waals surface area contributed by atoms with Gasteiger partial charge in [-0.3, -0.25) is 10.1 Å². The summed E-state index contributed by atoms with van der Waals surface area (Å²) < 4.78 is 0. The Morgan fingerprint density at radius 2 is 1.94 bits per heavy atom. The minimum Gasteiger partial charge on any atom is -0.323 e. The van der Waals surface area contributed by atoms with E-state index in [1.54, 1.807) is 17.4 Å². The monoisotopic (exact) mass is 482 g/mol. The molecule has 1 unspecified atom stereocenters. The summed E-state index contributed by atoms with van der Waals surface area (Å²) in [7, 11) is 0. The van der Waals surface area contributed by atoms with Crippen LogP contribution < -0.4 is 10.6 Å². The predicted molar refractivity (Wildman–Crippen MR) is 141 cm³/mol. The number of nitrogens with zero attached hydrogens (tertiary/aromatic N) is 2. The molecule has 0 bridgehead atoms. The average Bonchev–Trinajstić information content (AvgIpc) is 3.19. The van der Waals surface area contributed by atoms with Crippen molar-refractivity contribution in [1.82, 2.24) is 10.3 Å². The smallest absolute Gasteiger partial charge is 0.258 e. The molecule has 0 spiro atoms. The van der Waals surface area contributed by atoms with Crippen molar-refractivity contribution in [3.8, 4) is 17.3 Å². The van der Waals surface area contributed by atoms with Crippen LogP contribution in [0, 0.1) is 17.2 Å². The number of fused-ring (bicyclic) bond motifs is 2. The van der Waals surface area contributed by atoms with Gasteiger partial charge in [-0.2, -0.15) is 5.26 Å². The van der Waals surface area contributed by atoms with Crippen molar-refractivity contribution in [2.75, 3.05) is 5.32 Å². The van der Waals surface area contributed by atoms with Crippen molar-refractivity contribution in [3.63, 3.8) is 0 Å². The van der Waals surface area contributed by atoms with E-state index in [9.17, 15) is 10.1 Å². The number of para-hydroxylation sites is 1. The lowest BCUT2D eigenvalue weighted by Gasteiger charge is -2.17. The number of thiophene rings is 1. The third kappa shape index (κ3) is 4.30. The number of nitrogens with one attached hydrogen (secondary N) is 2. The van der Waals surface area contributed by atoms with Crippen LogP contribution in [0.2, 0.25) is 0 Å². The highest BCUT2D eigenvalue weighted by Crippen LogP contribution is 2.39. The van der Waals surface area contributed by atoms with E-state index in [-0.39, 0.29) is 11.0 Å². The molecule has 7 heteroatoms. The van der Waals surface area contributed by atoms with Crippen molar-refractivity contribution in [2.24, 2.45) is 5.92 Å². The van der Waals surface area contributed by atoms with Crippen LogP contribution in [0.15, 0.2) is 60.7 Å². The first-order chi connectivity index (χ1) is 16.5. The number of thiocarbonyl (C=S) groups is 1. The van der Waals surface area contributed by atoms with E-state index in [0.29, 0.717) is 22.0 Å². The van der Waals surface area contributed by atoms with Gasteiger partial charge in [0.25, 0.3) is 5.91 Å². The molecule has 5 rings (SSSR count). The molecule has 1 amide bonds. The molecule has 0 saturated heterocycles. The molecule has 2 aromatic heterocycles. The number of aromatic nitrogens is 1. The van der Waals surface area contributed by atoms with E-state index in [2.05, 4.69) is 23.6 Å². The molecule has 0 fully saturated rings. The van der Waals surface area contributed by atoms with Gasteiger partial charge in [-0.25, -0.2) is 4.98 Å². The number of rotatable bonds is 3. The first-order valence-electron chi connectivity index (χ1n) is 11.2. The third-order valence-corrected chi connectivity index (χ3v) is 7.48. The molecule has 5 nitrogen and oxygen atoms in total. The maximum atomic E-state index is 13.3. The Kier molecular flexibility index (Phi) is 6.10. The molecule has 168 valence electrons. The van der Waals surface area contributed by atoms with Crippen LogP contribution in [0.5, 0.6) is 0 Å². The maximum absolute atomic E-state index is 13.3. The number of nitriles is 1. The second-order valence-electron chi connectivity index (χ2n) is 8.51. The Balaban J connectivity index is 1.42. The highest BCUT2D eigenvalue weighted by molar-refractivity contribution is 7.80. The fraction of sp³-hybridized carbons (Fsp3) is 0.185. The maximum Gasteiger partial charge on any atom is 0.258 e. The lowest BCUT2D eigenvalue weighted by atomic mass is 9.89. The Bertz CT molecular complexity index is 1450. The van der Waals surface area contributed by atoms with Gasteiger partial charge in [0.2, 0.25) is 0 Å². The number of carbonyl (C=O) groups is 1. The fourth-order valence-electron chi connectivity index (χ4n) is 4.38. The minimum absolute atomic E-state index is 0.176. The van der Waals surface area contributed by atoms with Gasteiger partial charge in [0.1, 0.15) is 11.1 Å². The van der Waals surface area contributed by atoms with Crippen molar-refractivity contribution in [1.29, 1.82) is 5.26 Å². The van der Waals surface area contributed by atoms with Crippen LogP contribution >= 0.6 is 23.6 Å². The number of hydrogen-bond acceptors (Lipinski definition) is 5. The second kappa shape index (κ2) is 9.34. The number of amides is 1. The van der Waals surface area contributed by atoms with Crippen LogP contribution in [0.1, 0.15) is 39.7 Å². The summed E-state index contributed by atoms with van der Waals surface area (Å²) in [6, 6.07) is 21.4. The molecule has 2 heterocycles. The number of carbonyl (C=O) groups excluding carboxylic acids is 1. The normalized spacial score (nSPS) is 14.8. The van der Waals surface area contributed by atoms with Gasteiger partial charge in [0, 0.05) is 15.8 Å². The molecule has 2 aromatic carbocycles. The summed E-state index contributed by atoms with van der Waals surface area (Å²) in [6.45, 7) is 2.23. The summed E-state index contributed by atoms with van der Waals surface area (Å²) in [5.41, 5.74) is 4.64. The highest BCUT2D eigenvalue weighted by atomic mass is 32.1. The van der Waals surface area contributed by atoms with Gasteiger partial charge in [-0.1, -0.05) is 55.5 Å². The molecule has 0 radical (unpaired) electrons. The van der Waals surface area contributed by atoms with Crippen LogP contribution in [-0.4, -0.2) is 16.0 Å². The Morgan fingerprint density at radius 3 is 2.74 bits per heavy atom. The third-order valence-electron chi connectivity index (χ3n) is 6.11. The molecule has 34 heavy (non-hydrogen) atoms. The summed E-state index contributed by atoms with van der Waals surface area (Å²) >= 11 is 7.03. The second-order valence-corrected chi connectivity index (χ2v) is 10.0. The number of hydrogen-bond donors (Lipinski definition) is 2. The van der Waals surface area contributed by atoms with E-state index < -0.39 is 0 Å². The summed E-state index contributed by atoms with van der Waals surface area (Å²) in [4.78, 5) is 19.3. The average molecular weight is 483 g/mol. The molecule has 4 aromatic rings. The molecular formula is C27H22N4OS2.